The van der Waals surface area contributed by atoms with E-state index in [0.717, 1.165) is 0 Å². The molecule has 0 rings (SSSR count). The average molecular weight is 351 g/mol. The second-order valence-corrected chi connectivity index (χ2v) is 0. The van der Waals surface area contributed by atoms with Gasteiger partial charge in [0.15, 0.2) is 0 Å². The minimum absolute atomic E-state index is 0. The predicted molar refractivity (Wildman–Crippen MR) is 12.2 cm³/mol. The zero-order valence-corrected chi connectivity index (χ0v) is 6.26. The molecule has 0 saturated heterocycles. The number of hydrogen-bond acceptors (Lipinski definition) is 0. The molecular formula is H4BaLaMnO. The van der Waals surface area contributed by atoms with Crippen molar-refractivity contribution in [3.63, 3.8) is 0 Å². The molecule has 0 aliphatic carbocycles. The third-order valence-electron chi connectivity index (χ3n) is 0. The Morgan fingerprint density at radius 2 is 1.00 bits per heavy atom. The predicted octanol–water partition coefficient (Wildman–Crippen LogP) is -1.74. The van der Waals surface area contributed by atoms with Crippen LogP contribution in [0.1, 0.15) is 0 Å². The Bertz CT molecular complexity index is 8.00. The zero-order valence-electron chi connectivity index (χ0n) is 1.46. The summed E-state index contributed by atoms with van der Waals surface area (Å²) in [6, 6.07) is 0. The Labute approximate surface area is 104 Å². The van der Waals surface area contributed by atoms with Gasteiger partial charge in [-0.1, -0.05) is 0 Å². The summed E-state index contributed by atoms with van der Waals surface area (Å²) in [7, 11) is 0. The van der Waals surface area contributed by atoms with E-state index in [1.165, 1.54) is 0 Å². The van der Waals surface area contributed by atoms with E-state index in [0.29, 0.717) is 0 Å². The first kappa shape index (κ1) is 26.8. The molecule has 0 spiro atoms. The van der Waals surface area contributed by atoms with Gasteiger partial charge in [0.1, 0.15) is 0 Å². The number of rotatable bonds is 0. The second kappa shape index (κ2) is 16.3. The maximum atomic E-state index is 0. The normalized spacial score (nSPS) is 0. The Kier molecular flexibility index (Phi) is 109. The van der Waals surface area contributed by atoms with Crippen LogP contribution in [-0.2, 0) is 17.1 Å². The minimum Gasteiger partial charge on any atom is 0 e. The van der Waals surface area contributed by atoms with Crippen molar-refractivity contribution in [3.8, 4) is 0 Å². The van der Waals surface area contributed by atoms with E-state index in [4.69, 9.17) is 0 Å². The fourth-order valence-electron chi connectivity index (χ4n) is 0. The molecule has 0 aliphatic heterocycles. The van der Waals surface area contributed by atoms with E-state index < -0.39 is 0 Å². The first-order valence-corrected chi connectivity index (χ1v) is 0. The largest absolute Gasteiger partial charge is 0 e. The summed E-state index contributed by atoms with van der Waals surface area (Å²) in [5, 5.41) is 0. The second-order valence-electron chi connectivity index (χ2n) is 0. The van der Waals surface area contributed by atoms with Crippen molar-refractivity contribution in [2.24, 2.45) is 0 Å². The molecule has 0 aromatic carbocycles. The summed E-state index contributed by atoms with van der Waals surface area (Å²) < 4.78 is 0. The standard InChI is InChI=1S/Ba.La.Mn.H2O.2H/h;;;1H2;;. The summed E-state index contributed by atoms with van der Waals surface area (Å²) in [6.45, 7) is 0. The molecule has 0 aromatic heterocycles. The van der Waals surface area contributed by atoms with Crippen LogP contribution in [0.3, 0.4) is 0 Å². The first-order valence-electron chi connectivity index (χ1n) is 0. The van der Waals surface area contributed by atoms with Gasteiger partial charge in [0.05, 0.1) is 0 Å². The third kappa shape index (κ3) is 8.98. The van der Waals surface area contributed by atoms with Crippen molar-refractivity contribution in [1.29, 1.82) is 0 Å². The van der Waals surface area contributed by atoms with Gasteiger partial charge < -0.3 is 5.48 Å². The van der Waals surface area contributed by atoms with Gasteiger partial charge in [-0.2, -0.15) is 0 Å². The molecule has 0 aliphatic rings. The smallest absolute Gasteiger partial charge is 0 e. The SMILES string of the molecule is O.[BaH2].[La].[Mn]. The summed E-state index contributed by atoms with van der Waals surface area (Å²) in [6.07, 6.45) is 0. The van der Waals surface area contributed by atoms with Gasteiger partial charge >= 0.3 is 48.9 Å². The van der Waals surface area contributed by atoms with Crippen molar-refractivity contribution < 1.29 is 58.1 Å². The Balaban J connectivity index is 0. The molecule has 2 radical (unpaired) electrons. The molecular weight excluding hydrogens is 347 g/mol. The molecule has 2 N–H and O–H groups in total. The fraction of sp³-hybridized carbons (Fsp3) is 0. The van der Waals surface area contributed by atoms with Crippen LogP contribution in [0.4, 0.5) is 0 Å². The minimum atomic E-state index is 0. The van der Waals surface area contributed by atoms with Crippen LogP contribution in [0.25, 0.3) is 0 Å². The maximum Gasteiger partial charge on any atom is 0 e. The Morgan fingerprint density at radius 1 is 1.00 bits per heavy atom. The summed E-state index contributed by atoms with van der Waals surface area (Å²) in [5.74, 6) is 0. The molecule has 0 aromatic rings. The van der Waals surface area contributed by atoms with Crippen LogP contribution < -0.4 is 0 Å². The van der Waals surface area contributed by atoms with Crippen LogP contribution in [-0.4, -0.2) is 54.4 Å². The monoisotopic (exact) mass is 352 g/mol. The van der Waals surface area contributed by atoms with Crippen molar-refractivity contribution in [2.45, 2.75) is 0 Å². The van der Waals surface area contributed by atoms with E-state index in [-0.39, 0.29) is 107 Å². The van der Waals surface area contributed by atoms with Crippen LogP contribution >= 0.6 is 0 Å². The number of hydrogen-bond donors (Lipinski definition) is 0. The van der Waals surface area contributed by atoms with E-state index in [9.17, 15) is 0 Å². The molecule has 4 heteroatoms. The molecule has 0 unspecified atom stereocenters. The van der Waals surface area contributed by atoms with Gasteiger partial charge in [0, 0.05) is 52.7 Å². The van der Waals surface area contributed by atoms with Crippen LogP contribution in [0.15, 0.2) is 0 Å². The molecule has 1 nitrogen and oxygen atoms in total. The van der Waals surface area contributed by atoms with Crippen molar-refractivity contribution in [3.05, 3.63) is 0 Å². The Morgan fingerprint density at radius 3 is 1.00 bits per heavy atom. The molecule has 4 heavy (non-hydrogen) atoms. The summed E-state index contributed by atoms with van der Waals surface area (Å²) >= 11 is 0. The van der Waals surface area contributed by atoms with Gasteiger partial charge in [-0.25, -0.2) is 0 Å². The maximum absolute atomic E-state index is 0. The van der Waals surface area contributed by atoms with Crippen molar-refractivity contribution in [2.75, 3.05) is 0 Å². The molecule has 0 atom stereocenters. The van der Waals surface area contributed by atoms with E-state index in [1.807, 2.05) is 0 Å². The van der Waals surface area contributed by atoms with Crippen LogP contribution in [0.2, 0.25) is 0 Å². The van der Waals surface area contributed by atoms with Gasteiger partial charge in [0.2, 0.25) is 0 Å². The van der Waals surface area contributed by atoms with Crippen molar-refractivity contribution >= 4 is 48.9 Å². The van der Waals surface area contributed by atoms with Gasteiger partial charge in [-0.05, 0) is 0 Å². The topological polar surface area (TPSA) is 31.5 Å². The molecule has 0 bridgehead atoms. The van der Waals surface area contributed by atoms with E-state index >= 15 is 0 Å². The molecule has 0 saturated carbocycles. The third-order valence-corrected chi connectivity index (χ3v) is 0. The summed E-state index contributed by atoms with van der Waals surface area (Å²) in [5.41, 5.74) is 0. The Hall–Kier alpha value is 3.25. The first-order chi connectivity index (χ1) is 0. The van der Waals surface area contributed by atoms with Gasteiger partial charge in [-0.15, -0.1) is 0 Å². The average Bonchev–Trinajstić information content (AvgIpc) is 0. The van der Waals surface area contributed by atoms with E-state index in [2.05, 4.69) is 0 Å². The van der Waals surface area contributed by atoms with Crippen LogP contribution in [0, 0.1) is 35.6 Å². The zero-order chi connectivity index (χ0) is 0. The molecule has 0 fully saturated rings. The van der Waals surface area contributed by atoms with Crippen LogP contribution in [0.5, 0.6) is 0 Å². The summed E-state index contributed by atoms with van der Waals surface area (Å²) in [4.78, 5) is 0. The fourth-order valence-corrected chi connectivity index (χ4v) is 0. The van der Waals surface area contributed by atoms with Crippen molar-refractivity contribution in [1.82, 2.24) is 0 Å². The van der Waals surface area contributed by atoms with Gasteiger partial charge in [-0.3, -0.25) is 0 Å². The molecule has 22 valence electrons. The molecule has 0 heterocycles. The van der Waals surface area contributed by atoms with Gasteiger partial charge in [0.25, 0.3) is 0 Å². The van der Waals surface area contributed by atoms with E-state index in [1.54, 1.807) is 0 Å². The quantitative estimate of drug-likeness (QED) is 0.464. The molecule has 0 amide bonds.